The highest BCUT2D eigenvalue weighted by Crippen LogP contribution is 2.19. The molecule has 0 N–H and O–H groups in total. The second kappa shape index (κ2) is 7.95. The Hall–Kier alpha value is -1.95. The summed E-state index contributed by atoms with van der Waals surface area (Å²) in [7, 11) is -1.01. The molecule has 2 aromatic heterocycles. The van der Waals surface area contributed by atoms with Gasteiger partial charge in [0.15, 0.2) is 0 Å². The number of benzene rings is 1. The maximum Gasteiger partial charge on any atom is 0.377 e. The molecule has 0 bridgehead atoms. The molecule has 0 amide bonds. The van der Waals surface area contributed by atoms with Gasteiger partial charge in [-0.3, -0.25) is 4.90 Å². The van der Waals surface area contributed by atoms with E-state index in [1.807, 2.05) is 53.8 Å². The Morgan fingerprint density at radius 3 is 2.20 bits per heavy atom. The van der Waals surface area contributed by atoms with Crippen molar-refractivity contribution in [1.82, 2.24) is 15.1 Å². The molecule has 9 nitrogen and oxygen atoms in total. The second-order valence-electron chi connectivity index (χ2n) is 5.03. The lowest BCUT2D eigenvalue weighted by atomic mass is 10.2. The van der Waals surface area contributed by atoms with E-state index in [0.717, 1.165) is 33.7 Å². The van der Waals surface area contributed by atoms with Gasteiger partial charge in [0.1, 0.15) is 5.01 Å². The van der Waals surface area contributed by atoms with Crippen molar-refractivity contribution in [1.29, 1.82) is 0 Å². The summed E-state index contributed by atoms with van der Waals surface area (Å²) < 4.78 is 35.8. The zero-order valence-corrected chi connectivity index (χ0v) is 15.3. The third kappa shape index (κ3) is 5.53. The zero-order chi connectivity index (χ0) is 18.6. The Morgan fingerprint density at radius 1 is 1.08 bits per heavy atom. The molecule has 11 heteroatoms. The fourth-order valence-corrected chi connectivity index (χ4v) is 2.75. The van der Waals surface area contributed by atoms with Crippen LogP contribution in [-0.2, 0) is 6.42 Å². The van der Waals surface area contributed by atoms with Crippen LogP contribution in [0, 0.1) is 10.2 Å². The number of halogens is 1. The van der Waals surface area contributed by atoms with Crippen molar-refractivity contribution in [2.24, 2.45) is 0 Å². The van der Waals surface area contributed by atoms with E-state index in [-0.39, 0.29) is 0 Å². The number of anilines is 1. The maximum atomic E-state index is 8.49. The first kappa shape index (κ1) is 19.4. The van der Waals surface area contributed by atoms with Gasteiger partial charge >= 0.3 is 10.9 Å². The van der Waals surface area contributed by atoms with Crippen molar-refractivity contribution in [3.05, 3.63) is 35.3 Å². The Labute approximate surface area is 150 Å². The van der Waals surface area contributed by atoms with E-state index in [0.29, 0.717) is 0 Å². The third-order valence-electron chi connectivity index (χ3n) is 2.93. The van der Waals surface area contributed by atoms with Crippen LogP contribution in [-0.4, -0.2) is 29.2 Å². The Bertz CT molecular complexity index is 832. The fourth-order valence-electron chi connectivity index (χ4n) is 1.93. The van der Waals surface area contributed by atoms with Crippen LogP contribution in [0.5, 0.6) is 0 Å². The van der Waals surface area contributed by atoms with Gasteiger partial charge in [-0.25, -0.2) is 18.6 Å². The van der Waals surface area contributed by atoms with E-state index < -0.39 is 10.2 Å². The summed E-state index contributed by atoms with van der Waals surface area (Å²) >= 11 is 1.61. The van der Waals surface area contributed by atoms with Crippen LogP contribution in [0.4, 0.5) is 5.95 Å². The summed E-state index contributed by atoms with van der Waals surface area (Å²) in [6.45, 7) is 2.10. The van der Waals surface area contributed by atoms with E-state index in [4.69, 9.17) is 18.6 Å². The molecule has 0 aliphatic carbocycles. The number of aryl methyl sites for hydroxylation is 1. The average Bonchev–Trinajstić information content (AvgIpc) is 2.96. The lowest BCUT2D eigenvalue weighted by Crippen LogP contribution is -2.68. The van der Waals surface area contributed by atoms with Crippen molar-refractivity contribution >= 4 is 22.2 Å². The van der Waals surface area contributed by atoms with Crippen LogP contribution in [0.2, 0.25) is 0 Å². The average molecular weight is 386 g/mol. The minimum Gasteiger partial charge on any atom is -0.285 e. The van der Waals surface area contributed by atoms with E-state index in [1.165, 1.54) is 0 Å². The van der Waals surface area contributed by atoms with Crippen LogP contribution >= 0.6 is 11.3 Å². The molecule has 0 unspecified atom stereocenters. The Kier molecular flexibility index (Phi) is 6.16. The molecule has 0 saturated carbocycles. The highest BCUT2D eigenvalue weighted by atomic mass is 35.7. The zero-order valence-electron chi connectivity index (χ0n) is 13.7. The molecule has 0 aliphatic rings. The molecule has 1 aromatic carbocycles. The molecule has 0 saturated heterocycles. The second-order valence-corrected chi connectivity index (χ2v) is 6.83. The number of hydrogen-bond acceptors (Lipinski definition) is 9. The van der Waals surface area contributed by atoms with Crippen molar-refractivity contribution < 1.29 is 33.4 Å². The smallest absolute Gasteiger partial charge is 0.285 e. The van der Waals surface area contributed by atoms with Gasteiger partial charge < -0.3 is 0 Å². The van der Waals surface area contributed by atoms with Gasteiger partial charge in [-0.2, -0.15) is 0 Å². The molecule has 2 heterocycles. The quantitative estimate of drug-likeness (QED) is 0.441. The highest BCUT2D eigenvalue weighted by molar-refractivity contribution is 7.16. The molecule has 0 spiro atoms. The molecule has 0 fully saturated rings. The highest BCUT2D eigenvalue weighted by Gasteiger charge is 2.22. The number of nitrogens with zero attached hydrogens (tertiary/aromatic N) is 5. The van der Waals surface area contributed by atoms with E-state index in [2.05, 4.69) is 22.0 Å². The minimum absolute atomic E-state index is 0.737. The Morgan fingerprint density at radius 2 is 1.68 bits per heavy atom. The van der Waals surface area contributed by atoms with E-state index in [1.54, 1.807) is 11.3 Å². The molecule has 0 atom stereocenters. The lowest BCUT2D eigenvalue weighted by Gasteiger charge is -2.17. The number of aromatic nitrogens is 4. The van der Waals surface area contributed by atoms with Gasteiger partial charge in [-0.15, -0.1) is 15.3 Å². The predicted molar refractivity (Wildman–Crippen MR) is 80.0 cm³/mol. The normalized spacial score (nSPS) is 11.2. The molecule has 134 valence electrons. The van der Waals surface area contributed by atoms with Gasteiger partial charge in [-0.05, 0) is 18.6 Å². The molecule has 0 aliphatic heterocycles. The van der Waals surface area contributed by atoms with Crippen LogP contribution in [0.15, 0.2) is 30.3 Å². The summed E-state index contributed by atoms with van der Waals surface area (Å²) in [6.07, 6.45) is 0.904. The van der Waals surface area contributed by atoms with Crippen LogP contribution in [0.1, 0.15) is 11.9 Å². The lowest BCUT2D eigenvalue weighted by molar-refractivity contribution is -2.00. The molecular formula is C14H16ClN5O4S. The summed E-state index contributed by atoms with van der Waals surface area (Å²) in [5, 5.41) is 5.62. The first-order valence-corrected chi connectivity index (χ1v) is 9.18. The molecule has 3 aromatic rings. The van der Waals surface area contributed by atoms with Crippen molar-refractivity contribution in [3.63, 3.8) is 0 Å². The summed E-state index contributed by atoms with van der Waals surface area (Å²) in [5.41, 5.74) is 1.02. The Balaban J connectivity index is 0.000000399. The van der Waals surface area contributed by atoms with Crippen molar-refractivity contribution in [3.8, 4) is 11.4 Å². The first-order chi connectivity index (χ1) is 11.7. The first-order valence-electron chi connectivity index (χ1n) is 7.13. The molecule has 0 radical (unpaired) electrons. The van der Waals surface area contributed by atoms with Gasteiger partial charge in [0.05, 0.1) is 0 Å². The van der Waals surface area contributed by atoms with Gasteiger partial charge in [0.25, 0.3) is 5.82 Å². The maximum absolute atomic E-state index is 8.49. The molecule has 3 rings (SSSR count). The molecule has 25 heavy (non-hydrogen) atoms. The fraction of sp³-hybridized carbons (Fsp3) is 0.286. The minimum atomic E-state index is -4.94. The predicted octanol–water partition coefficient (Wildman–Crippen LogP) is -2.79. The monoisotopic (exact) mass is 385 g/mol. The standard InChI is InChI=1S/C14H16N5S.ClHO4/c1-4-11-17-19-13(18(2)3)15-12(16-14(19)20-11)10-8-6-5-7-9-10;2-1(3,4)5/h5-9H,4H2,1-3H3;(H,2,3,4,5)/q+1;/p-1. The van der Waals surface area contributed by atoms with Crippen LogP contribution in [0.25, 0.3) is 16.3 Å². The van der Waals surface area contributed by atoms with E-state index >= 15 is 0 Å². The van der Waals surface area contributed by atoms with Crippen molar-refractivity contribution in [2.75, 3.05) is 19.0 Å². The number of rotatable bonds is 3. The number of fused-ring (bicyclic) bond motifs is 1. The molecular weight excluding hydrogens is 370 g/mol. The van der Waals surface area contributed by atoms with Crippen LogP contribution in [0.3, 0.4) is 0 Å². The summed E-state index contributed by atoms with van der Waals surface area (Å²) in [6, 6.07) is 10.0. The van der Waals surface area contributed by atoms with E-state index in [9.17, 15) is 0 Å². The van der Waals surface area contributed by atoms with Gasteiger partial charge in [-0.1, -0.05) is 50.9 Å². The SMILES string of the molecule is CCc1n[n+]2c(N(C)C)nc(-c3ccccc3)nc2s1.[O-][Cl+3]([O-])([O-])[O-]. The van der Waals surface area contributed by atoms with Crippen LogP contribution < -0.4 is 28.1 Å². The summed E-state index contributed by atoms with van der Waals surface area (Å²) in [4.78, 5) is 12.1. The topological polar surface area (TPSA) is 138 Å². The van der Waals surface area contributed by atoms with Crippen molar-refractivity contribution in [2.45, 2.75) is 13.3 Å². The summed E-state index contributed by atoms with van der Waals surface area (Å²) in [5.74, 6) is 1.53. The largest absolute Gasteiger partial charge is 0.377 e. The van der Waals surface area contributed by atoms with Gasteiger partial charge in [0, 0.05) is 19.7 Å². The number of hydrogen-bond donors (Lipinski definition) is 0. The van der Waals surface area contributed by atoms with Gasteiger partial charge in [0.2, 0.25) is 0 Å². The third-order valence-corrected chi connectivity index (χ3v) is 3.99.